The van der Waals surface area contributed by atoms with Crippen LogP contribution in [0.25, 0.3) is 0 Å². The third-order valence-electron chi connectivity index (χ3n) is 2.92. The molecule has 0 aliphatic heterocycles. The molecule has 0 aromatic heterocycles. The van der Waals surface area contributed by atoms with Crippen molar-refractivity contribution in [1.29, 1.82) is 5.26 Å². The molecule has 0 atom stereocenters. The normalized spacial score (nSPS) is 10.1. The van der Waals surface area contributed by atoms with Gasteiger partial charge in [0.15, 0.2) is 0 Å². The maximum atomic E-state index is 9.41. The minimum absolute atomic E-state index is 0.655. The van der Waals surface area contributed by atoms with E-state index in [0.29, 0.717) is 10.6 Å². The number of hydrogen-bond acceptors (Lipinski definition) is 3. The van der Waals surface area contributed by atoms with Gasteiger partial charge in [0.25, 0.3) is 0 Å². The van der Waals surface area contributed by atoms with Crippen LogP contribution in [0.2, 0.25) is 5.02 Å². The van der Waals surface area contributed by atoms with Gasteiger partial charge in [-0.2, -0.15) is 5.26 Å². The molecular weight excluding hydrogens is 288 g/mol. The van der Waals surface area contributed by atoms with Crippen molar-refractivity contribution in [2.75, 3.05) is 11.1 Å². The van der Waals surface area contributed by atoms with E-state index in [1.165, 1.54) is 0 Å². The largest absolute Gasteiger partial charge is 0.353 e. The molecular formula is C16H15ClN2S. The van der Waals surface area contributed by atoms with Crippen molar-refractivity contribution in [3.05, 3.63) is 52.5 Å². The van der Waals surface area contributed by atoms with Gasteiger partial charge in [0.1, 0.15) is 6.07 Å². The number of nitrogens with one attached hydrogen (secondary N) is 1. The van der Waals surface area contributed by atoms with Crippen LogP contribution in [0.1, 0.15) is 18.1 Å². The molecule has 2 aromatic carbocycles. The number of nitriles is 1. The quantitative estimate of drug-likeness (QED) is 0.771. The number of rotatable bonds is 4. The summed E-state index contributed by atoms with van der Waals surface area (Å²) >= 11 is 7.89. The summed E-state index contributed by atoms with van der Waals surface area (Å²) in [7, 11) is 0. The smallest absolute Gasteiger partial charge is 0.103 e. The van der Waals surface area contributed by atoms with Gasteiger partial charge in [-0.3, -0.25) is 0 Å². The Morgan fingerprint density at radius 1 is 1.25 bits per heavy atom. The standard InChI is InChI=1S/C16H15ClN2S/c1-3-20-15-9-5-8-14(12(15)10-18)19-16-11(2)6-4-7-13(16)17/h4-9,19H,3H2,1-2H3. The van der Waals surface area contributed by atoms with E-state index in [0.717, 1.165) is 27.6 Å². The zero-order chi connectivity index (χ0) is 14.5. The minimum Gasteiger partial charge on any atom is -0.353 e. The van der Waals surface area contributed by atoms with E-state index in [1.54, 1.807) is 11.8 Å². The third-order valence-corrected chi connectivity index (χ3v) is 4.17. The van der Waals surface area contributed by atoms with Crippen LogP contribution >= 0.6 is 23.4 Å². The van der Waals surface area contributed by atoms with Crippen LogP contribution in [0.3, 0.4) is 0 Å². The highest BCUT2D eigenvalue weighted by Gasteiger charge is 2.10. The molecule has 2 aromatic rings. The molecule has 0 saturated heterocycles. The number of nitrogens with zero attached hydrogens (tertiary/aromatic N) is 1. The van der Waals surface area contributed by atoms with E-state index in [4.69, 9.17) is 11.6 Å². The predicted molar refractivity (Wildman–Crippen MR) is 87.0 cm³/mol. The van der Waals surface area contributed by atoms with Gasteiger partial charge in [-0.15, -0.1) is 11.8 Å². The zero-order valence-electron chi connectivity index (χ0n) is 11.4. The van der Waals surface area contributed by atoms with E-state index in [9.17, 15) is 5.26 Å². The van der Waals surface area contributed by atoms with Gasteiger partial charge in [-0.1, -0.05) is 36.7 Å². The molecule has 20 heavy (non-hydrogen) atoms. The SMILES string of the molecule is CCSc1cccc(Nc2c(C)cccc2Cl)c1C#N. The highest BCUT2D eigenvalue weighted by molar-refractivity contribution is 7.99. The summed E-state index contributed by atoms with van der Waals surface area (Å²) in [6.07, 6.45) is 0. The second-order valence-electron chi connectivity index (χ2n) is 4.28. The van der Waals surface area contributed by atoms with Crippen LogP contribution in [-0.4, -0.2) is 5.75 Å². The molecule has 0 bridgehead atoms. The Balaban J connectivity index is 2.44. The molecule has 2 rings (SSSR count). The van der Waals surface area contributed by atoms with E-state index in [1.807, 2.05) is 43.3 Å². The number of thioether (sulfide) groups is 1. The Morgan fingerprint density at radius 2 is 2.00 bits per heavy atom. The summed E-state index contributed by atoms with van der Waals surface area (Å²) in [5.74, 6) is 0.934. The molecule has 4 heteroatoms. The molecule has 0 saturated carbocycles. The summed E-state index contributed by atoms with van der Waals surface area (Å²) in [5.41, 5.74) is 3.36. The maximum Gasteiger partial charge on any atom is 0.103 e. The molecule has 102 valence electrons. The molecule has 0 aliphatic rings. The fraction of sp³-hybridized carbons (Fsp3) is 0.188. The van der Waals surface area contributed by atoms with Crippen molar-refractivity contribution in [2.24, 2.45) is 0 Å². The number of benzene rings is 2. The van der Waals surface area contributed by atoms with E-state index < -0.39 is 0 Å². The number of aryl methyl sites for hydroxylation is 1. The van der Waals surface area contributed by atoms with Crippen LogP contribution in [0.5, 0.6) is 0 Å². The van der Waals surface area contributed by atoms with Gasteiger partial charge in [0.2, 0.25) is 0 Å². The van der Waals surface area contributed by atoms with E-state index in [-0.39, 0.29) is 0 Å². The Morgan fingerprint density at radius 3 is 2.65 bits per heavy atom. The minimum atomic E-state index is 0.655. The van der Waals surface area contributed by atoms with Crippen LogP contribution in [0.15, 0.2) is 41.3 Å². The number of hydrogen-bond donors (Lipinski definition) is 1. The summed E-state index contributed by atoms with van der Waals surface area (Å²) < 4.78 is 0. The van der Waals surface area contributed by atoms with Crippen molar-refractivity contribution in [2.45, 2.75) is 18.7 Å². The van der Waals surface area contributed by atoms with Crippen molar-refractivity contribution in [3.63, 3.8) is 0 Å². The Labute approximate surface area is 128 Å². The second kappa shape index (κ2) is 6.69. The molecule has 2 nitrogen and oxygen atoms in total. The first-order valence-electron chi connectivity index (χ1n) is 6.35. The van der Waals surface area contributed by atoms with Gasteiger partial charge >= 0.3 is 0 Å². The highest BCUT2D eigenvalue weighted by atomic mass is 35.5. The molecule has 0 unspecified atom stereocenters. The lowest BCUT2D eigenvalue weighted by atomic mass is 10.1. The molecule has 0 heterocycles. The maximum absolute atomic E-state index is 9.41. The van der Waals surface area contributed by atoms with Gasteiger partial charge < -0.3 is 5.32 Å². The van der Waals surface area contributed by atoms with Gasteiger partial charge in [0, 0.05) is 4.90 Å². The molecule has 0 fully saturated rings. The highest BCUT2D eigenvalue weighted by Crippen LogP contribution is 2.33. The van der Waals surface area contributed by atoms with Crippen molar-refractivity contribution in [3.8, 4) is 6.07 Å². The molecule has 0 aliphatic carbocycles. The molecule has 0 amide bonds. The summed E-state index contributed by atoms with van der Waals surface area (Å²) in [5, 5.41) is 13.4. The monoisotopic (exact) mass is 302 g/mol. The fourth-order valence-electron chi connectivity index (χ4n) is 1.95. The predicted octanol–water partition coefficient (Wildman–Crippen LogP) is 5.38. The molecule has 0 radical (unpaired) electrons. The van der Waals surface area contributed by atoms with Crippen molar-refractivity contribution >= 4 is 34.7 Å². The second-order valence-corrected chi connectivity index (χ2v) is 5.99. The lowest BCUT2D eigenvalue weighted by molar-refractivity contribution is 1.34. The van der Waals surface area contributed by atoms with Crippen LogP contribution in [-0.2, 0) is 0 Å². The Bertz CT molecular complexity index is 642. The Kier molecular flexibility index (Phi) is 4.94. The van der Waals surface area contributed by atoms with Crippen molar-refractivity contribution < 1.29 is 0 Å². The van der Waals surface area contributed by atoms with Crippen LogP contribution < -0.4 is 5.32 Å². The molecule has 1 N–H and O–H groups in total. The van der Waals surface area contributed by atoms with Gasteiger partial charge in [-0.05, 0) is 36.4 Å². The average Bonchev–Trinajstić information content (AvgIpc) is 2.43. The number of halogens is 1. The first-order chi connectivity index (χ1) is 9.67. The van der Waals surface area contributed by atoms with E-state index in [2.05, 4.69) is 18.3 Å². The first kappa shape index (κ1) is 14.8. The zero-order valence-corrected chi connectivity index (χ0v) is 13.0. The lowest BCUT2D eigenvalue weighted by Crippen LogP contribution is -1.98. The lowest BCUT2D eigenvalue weighted by Gasteiger charge is -2.14. The molecule has 0 spiro atoms. The van der Waals surface area contributed by atoms with E-state index >= 15 is 0 Å². The average molecular weight is 303 g/mol. The topological polar surface area (TPSA) is 35.8 Å². The van der Waals surface area contributed by atoms with Crippen LogP contribution in [0, 0.1) is 18.3 Å². The Hall–Kier alpha value is -1.63. The third kappa shape index (κ3) is 3.09. The summed E-state index contributed by atoms with van der Waals surface area (Å²) in [6, 6.07) is 13.9. The summed E-state index contributed by atoms with van der Waals surface area (Å²) in [6.45, 7) is 4.06. The fourth-order valence-corrected chi connectivity index (χ4v) is 3.01. The van der Waals surface area contributed by atoms with Gasteiger partial charge in [0.05, 0.1) is 22.0 Å². The van der Waals surface area contributed by atoms with Crippen LogP contribution in [0.4, 0.5) is 11.4 Å². The first-order valence-corrected chi connectivity index (χ1v) is 7.71. The van der Waals surface area contributed by atoms with Crippen molar-refractivity contribution in [1.82, 2.24) is 0 Å². The number of anilines is 2. The number of para-hydroxylation sites is 1. The summed E-state index contributed by atoms with van der Waals surface area (Å²) in [4.78, 5) is 0.990. The van der Waals surface area contributed by atoms with Gasteiger partial charge in [-0.25, -0.2) is 0 Å².